The molecule has 166 valence electrons. The highest BCUT2D eigenvalue weighted by molar-refractivity contribution is 6.14. The van der Waals surface area contributed by atoms with Crippen LogP contribution in [0.25, 0.3) is 0 Å². The van der Waals surface area contributed by atoms with E-state index in [0.29, 0.717) is 40.5 Å². The lowest BCUT2D eigenvalue weighted by Crippen LogP contribution is -2.10. The Morgan fingerprint density at radius 3 is 1.88 bits per heavy atom. The van der Waals surface area contributed by atoms with Gasteiger partial charge in [0, 0.05) is 29.2 Å². The molecule has 6 nitrogen and oxygen atoms in total. The maximum Gasteiger partial charge on any atom is 0.197 e. The molecule has 1 aliphatic carbocycles. The molecular weight excluding hydrogens is 408 g/mol. The Morgan fingerprint density at radius 2 is 1.28 bits per heavy atom. The molecule has 1 atom stereocenters. The van der Waals surface area contributed by atoms with Crippen LogP contribution >= 0.6 is 0 Å². The standard InChI is InChI=1S/C26H26O6/c1-28-17-8-6-15(7-9-17)20-11-16-10-18(29-2)13-22(31-4)24(16)26(27)21-12-19(30-3)14-23(32-5)25(20)21/h6-10,12-14,20H,11H2,1-5H3/t20-/m0/s1. The van der Waals surface area contributed by atoms with Gasteiger partial charge in [0.1, 0.15) is 28.7 Å². The van der Waals surface area contributed by atoms with E-state index in [4.69, 9.17) is 23.7 Å². The van der Waals surface area contributed by atoms with E-state index in [9.17, 15) is 4.79 Å². The number of benzene rings is 3. The fourth-order valence-electron chi connectivity index (χ4n) is 4.36. The molecule has 0 radical (unpaired) electrons. The van der Waals surface area contributed by atoms with Gasteiger partial charge in [-0.25, -0.2) is 0 Å². The van der Waals surface area contributed by atoms with Gasteiger partial charge < -0.3 is 23.7 Å². The molecule has 0 fully saturated rings. The molecule has 0 unspecified atom stereocenters. The first-order valence-corrected chi connectivity index (χ1v) is 10.2. The van der Waals surface area contributed by atoms with Crippen LogP contribution in [0.1, 0.15) is 38.5 Å². The van der Waals surface area contributed by atoms with Crippen molar-refractivity contribution in [2.75, 3.05) is 35.5 Å². The van der Waals surface area contributed by atoms with Gasteiger partial charge in [0.15, 0.2) is 5.78 Å². The van der Waals surface area contributed by atoms with Crippen molar-refractivity contribution in [2.24, 2.45) is 0 Å². The maximum absolute atomic E-state index is 13.9. The third-order valence-corrected chi connectivity index (χ3v) is 5.95. The molecule has 0 spiro atoms. The second-order valence-corrected chi connectivity index (χ2v) is 7.51. The minimum absolute atomic E-state index is 0.136. The summed E-state index contributed by atoms with van der Waals surface area (Å²) in [5.74, 6) is 2.76. The molecule has 4 rings (SSSR count). The smallest absolute Gasteiger partial charge is 0.197 e. The van der Waals surface area contributed by atoms with E-state index >= 15 is 0 Å². The van der Waals surface area contributed by atoms with Crippen LogP contribution < -0.4 is 23.7 Å². The summed E-state index contributed by atoms with van der Waals surface area (Å²) in [6.07, 6.45) is 0.566. The quantitative estimate of drug-likeness (QED) is 0.563. The summed E-state index contributed by atoms with van der Waals surface area (Å²) >= 11 is 0. The van der Waals surface area contributed by atoms with Crippen molar-refractivity contribution >= 4 is 5.78 Å². The van der Waals surface area contributed by atoms with E-state index in [0.717, 1.165) is 22.4 Å². The Kier molecular flexibility index (Phi) is 5.95. The molecular formula is C26H26O6. The van der Waals surface area contributed by atoms with Crippen molar-refractivity contribution in [2.45, 2.75) is 12.3 Å². The molecule has 0 N–H and O–H groups in total. The lowest BCUT2D eigenvalue weighted by atomic mass is 9.84. The number of rotatable bonds is 6. The number of carbonyl (C=O) groups excluding carboxylic acids is 1. The van der Waals surface area contributed by atoms with Crippen LogP contribution in [0.15, 0.2) is 48.5 Å². The lowest BCUT2D eigenvalue weighted by molar-refractivity contribution is 0.103. The summed E-state index contributed by atoms with van der Waals surface area (Å²) < 4.78 is 27.6. The average Bonchev–Trinajstić information content (AvgIpc) is 2.97. The normalized spacial score (nSPS) is 14.7. The molecule has 6 heteroatoms. The first kappa shape index (κ1) is 21.6. The summed E-state index contributed by atoms with van der Waals surface area (Å²) in [7, 11) is 7.97. The molecule has 1 aliphatic rings. The van der Waals surface area contributed by atoms with E-state index in [1.54, 1.807) is 47.7 Å². The average molecular weight is 434 g/mol. The molecule has 0 aliphatic heterocycles. The number of hydrogen-bond acceptors (Lipinski definition) is 6. The number of methoxy groups -OCH3 is 5. The molecule has 0 saturated heterocycles. The molecule has 0 saturated carbocycles. The number of fused-ring (bicyclic) bond motifs is 2. The third kappa shape index (κ3) is 3.62. The molecule has 0 aromatic heterocycles. The highest BCUT2D eigenvalue weighted by Gasteiger charge is 2.34. The largest absolute Gasteiger partial charge is 0.497 e. The third-order valence-electron chi connectivity index (χ3n) is 5.95. The van der Waals surface area contributed by atoms with Gasteiger partial charge in [-0.15, -0.1) is 0 Å². The zero-order valence-corrected chi connectivity index (χ0v) is 18.9. The van der Waals surface area contributed by atoms with E-state index < -0.39 is 0 Å². The molecule has 3 aromatic carbocycles. The van der Waals surface area contributed by atoms with Gasteiger partial charge in [-0.3, -0.25) is 4.79 Å². The molecule has 3 aromatic rings. The van der Waals surface area contributed by atoms with Gasteiger partial charge in [-0.05, 0) is 41.8 Å². The van der Waals surface area contributed by atoms with Crippen molar-refractivity contribution in [3.05, 3.63) is 76.3 Å². The van der Waals surface area contributed by atoms with E-state index in [1.807, 2.05) is 36.4 Å². The number of ketones is 1. The zero-order chi connectivity index (χ0) is 22.8. The SMILES string of the molecule is COc1ccc([C@@H]2Cc3cc(OC)cc(OC)c3C(=O)c3cc(OC)cc(OC)c32)cc1. The first-order chi connectivity index (χ1) is 15.5. The maximum atomic E-state index is 13.9. The first-order valence-electron chi connectivity index (χ1n) is 10.2. The Balaban J connectivity index is 2.03. The van der Waals surface area contributed by atoms with Gasteiger partial charge in [0.25, 0.3) is 0 Å². The summed E-state index contributed by atoms with van der Waals surface area (Å²) in [4.78, 5) is 13.9. The molecule has 0 amide bonds. The van der Waals surface area contributed by atoms with Crippen molar-refractivity contribution in [1.29, 1.82) is 0 Å². The van der Waals surface area contributed by atoms with Crippen molar-refractivity contribution in [3.63, 3.8) is 0 Å². The van der Waals surface area contributed by atoms with Crippen LogP contribution in [0.4, 0.5) is 0 Å². The van der Waals surface area contributed by atoms with E-state index in [2.05, 4.69) is 0 Å². The Bertz CT molecular complexity index is 1150. The minimum atomic E-state index is -0.140. The highest BCUT2D eigenvalue weighted by Crippen LogP contribution is 2.45. The van der Waals surface area contributed by atoms with Crippen LogP contribution in [0.5, 0.6) is 28.7 Å². The van der Waals surface area contributed by atoms with Gasteiger partial charge in [0.05, 0.1) is 41.1 Å². The fourth-order valence-corrected chi connectivity index (χ4v) is 4.36. The second kappa shape index (κ2) is 8.83. The van der Waals surface area contributed by atoms with Crippen LogP contribution in [0.3, 0.4) is 0 Å². The highest BCUT2D eigenvalue weighted by atomic mass is 16.5. The van der Waals surface area contributed by atoms with Gasteiger partial charge in [-0.1, -0.05) is 12.1 Å². The molecule has 0 bridgehead atoms. The summed E-state index contributed by atoms with van der Waals surface area (Å²) in [6.45, 7) is 0. The lowest BCUT2D eigenvalue weighted by Gasteiger charge is -2.22. The van der Waals surface area contributed by atoms with Crippen LogP contribution in [-0.4, -0.2) is 41.3 Å². The van der Waals surface area contributed by atoms with E-state index in [-0.39, 0.29) is 11.7 Å². The molecule has 0 heterocycles. The zero-order valence-electron chi connectivity index (χ0n) is 18.9. The van der Waals surface area contributed by atoms with Crippen LogP contribution in [0.2, 0.25) is 0 Å². The van der Waals surface area contributed by atoms with E-state index in [1.165, 1.54) is 0 Å². The molecule has 32 heavy (non-hydrogen) atoms. The van der Waals surface area contributed by atoms with Gasteiger partial charge in [0.2, 0.25) is 0 Å². The number of ether oxygens (including phenoxy) is 5. The number of carbonyl (C=O) groups is 1. The minimum Gasteiger partial charge on any atom is -0.497 e. The Hall–Kier alpha value is -3.67. The Labute approximate surface area is 187 Å². The number of hydrogen-bond donors (Lipinski definition) is 0. The predicted molar refractivity (Wildman–Crippen MR) is 121 cm³/mol. The Morgan fingerprint density at radius 1 is 0.688 bits per heavy atom. The van der Waals surface area contributed by atoms with Crippen molar-refractivity contribution in [1.82, 2.24) is 0 Å². The topological polar surface area (TPSA) is 63.2 Å². The monoisotopic (exact) mass is 434 g/mol. The fraction of sp³-hybridized carbons (Fsp3) is 0.269. The van der Waals surface area contributed by atoms with Crippen molar-refractivity contribution in [3.8, 4) is 28.7 Å². The predicted octanol–water partition coefficient (Wildman–Crippen LogP) is 4.65. The van der Waals surface area contributed by atoms with Crippen LogP contribution in [-0.2, 0) is 6.42 Å². The summed E-state index contributed by atoms with van der Waals surface area (Å²) in [5, 5.41) is 0. The van der Waals surface area contributed by atoms with Crippen molar-refractivity contribution < 1.29 is 28.5 Å². The van der Waals surface area contributed by atoms with Gasteiger partial charge >= 0.3 is 0 Å². The summed E-state index contributed by atoms with van der Waals surface area (Å²) in [5.41, 5.74) is 3.77. The van der Waals surface area contributed by atoms with Crippen LogP contribution in [0, 0.1) is 0 Å². The second-order valence-electron chi connectivity index (χ2n) is 7.51. The van der Waals surface area contributed by atoms with Gasteiger partial charge in [-0.2, -0.15) is 0 Å². The summed E-state index contributed by atoms with van der Waals surface area (Å²) in [6, 6.07) is 15.1.